The van der Waals surface area contributed by atoms with Crippen molar-refractivity contribution in [2.45, 2.75) is 24.9 Å². The van der Waals surface area contributed by atoms with Gasteiger partial charge in [0.25, 0.3) is 0 Å². The van der Waals surface area contributed by atoms with Crippen LogP contribution in [0.25, 0.3) is 11.1 Å². The molecule has 1 nitrogen and oxygen atoms in total. The molecule has 0 spiro atoms. The Morgan fingerprint density at radius 2 is 1.58 bits per heavy atom. The molecule has 1 atom stereocenters. The Balaban J connectivity index is 2.28. The van der Waals surface area contributed by atoms with Crippen LogP contribution in [0.3, 0.4) is 0 Å². The number of benzene rings is 2. The van der Waals surface area contributed by atoms with Gasteiger partial charge in [-0.1, -0.05) is 18.2 Å². The van der Waals surface area contributed by atoms with Gasteiger partial charge >= 0.3 is 12.4 Å². The van der Waals surface area contributed by atoms with Gasteiger partial charge in [-0.2, -0.15) is 26.3 Å². The lowest BCUT2D eigenvalue weighted by molar-refractivity contribution is -0.137. The number of alkyl halides is 6. The van der Waals surface area contributed by atoms with Crippen LogP contribution in [0.1, 0.15) is 16.7 Å². The molecule has 2 aromatic carbocycles. The zero-order valence-electron chi connectivity index (χ0n) is 12.1. The SMILES string of the molecule is [CH2]C1Cc2cc(C(F)(F)F)cc(-c3ccccc3C(F)(F)F)c2O1. The minimum absolute atomic E-state index is 0.0275. The van der Waals surface area contributed by atoms with Crippen LogP contribution in [0, 0.1) is 6.92 Å². The van der Waals surface area contributed by atoms with Gasteiger partial charge in [-0.05, 0) is 36.2 Å². The van der Waals surface area contributed by atoms with Crippen molar-refractivity contribution in [2.24, 2.45) is 0 Å². The summed E-state index contributed by atoms with van der Waals surface area (Å²) in [6.45, 7) is 3.62. The van der Waals surface area contributed by atoms with Gasteiger partial charge < -0.3 is 4.74 Å². The number of rotatable bonds is 1. The molecule has 1 aliphatic rings. The predicted octanol–water partition coefficient (Wildman–Crippen LogP) is 5.53. The number of hydrogen-bond donors (Lipinski definition) is 0. The van der Waals surface area contributed by atoms with Gasteiger partial charge in [-0.3, -0.25) is 0 Å². The number of fused-ring (bicyclic) bond motifs is 1. The molecule has 0 amide bonds. The summed E-state index contributed by atoms with van der Waals surface area (Å²) in [5, 5.41) is 0. The molecular weight excluding hydrogens is 334 g/mol. The Morgan fingerprint density at radius 3 is 2.21 bits per heavy atom. The van der Waals surface area contributed by atoms with E-state index in [0.717, 1.165) is 18.2 Å². The van der Waals surface area contributed by atoms with Crippen LogP contribution < -0.4 is 4.74 Å². The van der Waals surface area contributed by atoms with Crippen molar-refractivity contribution >= 4 is 0 Å². The van der Waals surface area contributed by atoms with Crippen LogP contribution in [0.15, 0.2) is 36.4 Å². The largest absolute Gasteiger partial charge is 0.489 e. The number of halogens is 6. The zero-order chi connectivity index (χ0) is 17.7. The van der Waals surface area contributed by atoms with Crippen molar-refractivity contribution < 1.29 is 31.1 Å². The van der Waals surface area contributed by atoms with Gasteiger partial charge in [0.2, 0.25) is 0 Å². The molecule has 1 unspecified atom stereocenters. The fraction of sp³-hybridized carbons (Fsp3) is 0.235. The van der Waals surface area contributed by atoms with Crippen molar-refractivity contribution in [1.29, 1.82) is 0 Å². The van der Waals surface area contributed by atoms with Crippen LogP contribution in [-0.4, -0.2) is 6.10 Å². The maximum atomic E-state index is 13.2. The summed E-state index contributed by atoms with van der Waals surface area (Å²) in [5.41, 5.74) is -2.38. The monoisotopic (exact) mass is 345 g/mol. The van der Waals surface area contributed by atoms with E-state index in [1.54, 1.807) is 0 Å². The molecule has 0 fully saturated rings. The van der Waals surface area contributed by atoms with Gasteiger partial charge in [0.15, 0.2) is 0 Å². The normalized spacial score (nSPS) is 17.5. The molecule has 0 aromatic heterocycles. The van der Waals surface area contributed by atoms with Crippen molar-refractivity contribution in [2.75, 3.05) is 0 Å². The first kappa shape index (κ1) is 16.7. The Hall–Kier alpha value is -2.18. The highest BCUT2D eigenvalue weighted by molar-refractivity contribution is 5.77. The summed E-state index contributed by atoms with van der Waals surface area (Å²) < 4.78 is 84.4. The highest BCUT2D eigenvalue weighted by atomic mass is 19.4. The van der Waals surface area contributed by atoms with Crippen LogP contribution in [-0.2, 0) is 18.8 Å². The van der Waals surface area contributed by atoms with Crippen LogP contribution >= 0.6 is 0 Å². The van der Waals surface area contributed by atoms with E-state index >= 15 is 0 Å². The van der Waals surface area contributed by atoms with Gasteiger partial charge in [0, 0.05) is 12.0 Å². The average Bonchev–Trinajstić information content (AvgIpc) is 2.84. The summed E-state index contributed by atoms with van der Waals surface area (Å²) in [7, 11) is 0. The minimum Gasteiger partial charge on any atom is -0.489 e. The smallest absolute Gasteiger partial charge is 0.417 e. The Morgan fingerprint density at radius 1 is 0.917 bits per heavy atom. The standard InChI is InChI=1S/C17H11F6O/c1-9-6-10-7-11(16(18,19)20)8-13(15(10)24-9)12-4-2-3-5-14(12)17(21,22)23/h2-5,7-9H,1,6H2. The van der Waals surface area contributed by atoms with Gasteiger partial charge in [-0.25, -0.2) is 0 Å². The van der Waals surface area contributed by atoms with E-state index < -0.39 is 29.6 Å². The molecule has 1 aliphatic heterocycles. The summed E-state index contributed by atoms with van der Waals surface area (Å²) in [6, 6.07) is 6.09. The third kappa shape index (κ3) is 2.95. The highest BCUT2D eigenvalue weighted by Gasteiger charge is 2.38. The summed E-state index contributed by atoms with van der Waals surface area (Å²) in [4.78, 5) is 0. The van der Waals surface area contributed by atoms with Gasteiger partial charge in [0.05, 0.1) is 11.1 Å². The fourth-order valence-corrected chi connectivity index (χ4v) is 2.76. The predicted molar refractivity (Wildman–Crippen MR) is 75.4 cm³/mol. The lowest BCUT2D eigenvalue weighted by Crippen LogP contribution is -2.09. The highest BCUT2D eigenvalue weighted by Crippen LogP contribution is 2.46. The lowest BCUT2D eigenvalue weighted by Gasteiger charge is -2.17. The van der Waals surface area contributed by atoms with E-state index in [1.807, 2.05) is 0 Å². The third-order valence-corrected chi connectivity index (χ3v) is 3.75. The molecule has 1 radical (unpaired) electrons. The second-order valence-electron chi connectivity index (χ2n) is 5.50. The molecule has 7 heteroatoms. The Labute approximate surface area is 133 Å². The van der Waals surface area contributed by atoms with Crippen molar-refractivity contribution in [3.8, 4) is 16.9 Å². The first-order valence-electron chi connectivity index (χ1n) is 6.98. The zero-order valence-corrected chi connectivity index (χ0v) is 12.1. The van der Waals surface area contributed by atoms with Crippen molar-refractivity contribution in [3.63, 3.8) is 0 Å². The molecule has 0 saturated heterocycles. The Bertz CT molecular complexity index is 776. The van der Waals surface area contributed by atoms with Crippen molar-refractivity contribution in [3.05, 3.63) is 60.0 Å². The third-order valence-electron chi connectivity index (χ3n) is 3.75. The molecule has 0 aliphatic carbocycles. The molecule has 127 valence electrons. The molecule has 2 aromatic rings. The molecule has 0 N–H and O–H groups in total. The topological polar surface area (TPSA) is 9.23 Å². The molecule has 0 saturated carbocycles. The molecule has 0 bridgehead atoms. The quantitative estimate of drug-likeness (QED) is 0.618. The molecular formula is C17H11F6O. The maximum absolute atomic E-state index is 13.2. The van der Waals surface area contributed by atoms with E-state index in [0.29, 0.717) is 6.07 Å². The molecule has 1 heterocycles. The maximum Gasteiger partial charge on any atom is 0.417 e. The van der Waals surface area contributed by atoms with E-state index in [9.17, 15) is 26.3 Å². The minimum atomic E-state index is -4.69. The summed E-state index contributed by atoms with van der Waals surface area (Å²) in [6.07, 6.45) is -9.89. The van der Waals surface area contributed by atoms with Crippen LogP contribution in [0.4, 0.5) is 26.3 Å². The van der Waals surface area contributed by atoms with E-state index in [2.05, 4.69) is 6.92 Å². The second kappa shape index (κ2) is 5.43. The van der Waals surface area contributed by atoms with Crippen LogP contribution in [0.5, 0.6) is 5.75 Å². The van der Waals surface area contributed by atoms with Crippen molar-refractivity contribution in [1.82, 2.24) is 0 Å². The number of ether oxygens (including phenoxy) is 1. The fourth-order valence-electron chi connectivity index (χ4n) is 2.76. The molecule has 3 rings (SSSR count). The molecule has 24 heavy (non-hydrogen) atoms. The van der Waals surface area contributed by atoms with E-state index in [4.69, 9.17) is 4.74 Å². The first-order chi connectivity index (χ1) is 11.1. The Kier molecular flexibility index (Phi) is 3.77. The average molecular weight is 345 g/mol. The summed E-state index contributed by atoms with van der Waals surface area (Å²) >= 11 is 0. The van der Waals surface area contributed by atoms with E-state index in [1.165, 1.54) is 12.1 Å². The summed E-state index contributed by atoms with van der Waals surface area (Å²) in [5.74, 6) is 0.0275. The number of hydrogen-bond acceptors (Lipinski definition) is 1. The second-order valence-corrected chi connectivity index (χ2v) is 5.50. The lowest BCUT2D eigenvalue weighted by atomic mass is 9.94. The van der Waals surface area contributed by atoms with Gasteiger partial charge in [-0.15, -0.1) is 0 Å². The van der Waals surface area contributed by atoms with E-state index in [-0.39, 0.29) is 28.9 Å². The van der Waals surface area contributed by atoms with Crippen LogP contribution in [0.2, 0.25) is 0 Å². The first-order valence-corrected chi connectivity index (χ1v) is 6.98. The van der Waals surface area contributed by atoms with Gasteiger partial charge in [0.1, 0.15) is 11.9 Å².